The van der Waals surface area contributed by atoms with E-state index in [1.807, 2.05) is 31.2 Å². The average Bonchev–Trinajstić information content (AvgIpc) is 3.39. The summed E-state index contributed by atoms with van der Waals surface area (Å²) in [5.74, 6) is -0.179. The number of nitrogens with zero attached hydrogens (tertiary/aromatic N) is 3. The van der Waals surface area contributed by atoms with E-state index in [2.05, 4.69) is 15.5 Å². The van der Waals surface area contributed by atoms with E-state index in [4.69, 9.17) is 4.42 Å². The lowest BCUT2D eigenvalue weighted by molar-refractivity contribution is -0.121. The van der Waals surface area contributed by atoms with Crippen LogP contribution in [0.25, 0.3) is 10.6 Å². The molecule has 1 aromatic carbocycles. The van der Waals surface area contributed by atoms with Gasteiger partial charge in [-0.05, 0) is 50.5 Å². The first-order valence-corrected chi connectivity index (χ1v) is 9.99. The van der Waals surface area contributed by atoms with Crippen molar-refractivity contribution in [3.05, 3.63) is 53.4 Å². The van der Waals surface area contributed by atoms with Crippen LogP contribution in [0.3, 0.4) is 0 Å². The first-order valence-electron chi connectivity index (χ1n) is 9.18. The minimum Gasteiger partial charge on any atom is -0.459 e. The topological polar surface area (TPSA) is 88.3 Å². The number of anilines is 1. The highest BCUT2D eigenvalue weighted by molar-refractivity contribution is 7.14. The first-order chi connectivity index (χ1) is 13.6. The van der Waals surface area contributed by atoms with Gasteiger partial charge >= 0.3 is 0 Å². The van der Waals surface area contributed by atoms with Crippen molar-refractivity contribution in [1.29, 1.82) is 0 Å². The predicted octanol–water partition coefficient (Wildman–Crippen LogP) is 3.74. The van der Waals surface area contributed by atoms with Gasteiger partial charge in [-0.15, -0.1) is 10.2 Å². The first kappa shape index (κ1) is 18.4. The molecule has 3 aromatic rings. The molecule has 1 fully saturated rings. The zero-order chi connectivity index (χ0) is 19.5. The Morgan fingerprint density at radius 1 is 1.21 bits per heavy atom. The summed E-state index contributed by atoms with van der Waals surface area (Å²) in [6.45, 7) is 2.45. The van der Waals surface area contributed by atoms with Crippen molar-refractivity contribution in [2.24, 2.45) is 0 Å². The molecule has 1 N–H and O–H groups in total. The van der Waals surface area contributed by atoms with Gasteiger partial charge in [0.2, 0.25) is 5.91 Å². The predicted molar refractivity (Wildman–Crippen MR) is 106 cm³/mol. The smallest absolute Gasteiger partial charge is 0.290 e. The van der Waals surface area contributed by atoms with E-state index in [0.717, 1.165) is 28.4 Å². The molecule has 3 heterocycles. The van der Waals surface area contributed by atoms with E-state index < -0.39 is 6.04 Å². The van der Waals surface area contributed by atoms with Gasteiger partial charge in [0.05, 0.1) is 6.26 Å². The Labute approximate surface area is 166 Å². The van der Waals surface area contributed by atoms with E-state index in [0.29, 0.717) is 18.7 Å². The molecule has 0 radical (unpaired) electrons. The van der Waals surface area contributed by atoms with Gasteiger partial charge in [0.25, 0.3) is 5.91 Å². The molecule has 1 saturated heterocycles. The molecule has 2 aromatic heterocycles. The average molecular weight is 396 g/mol. The van der Waals surface area contributed by atoms with Gasteiger partial charge in [-0.2, -0.15) is 0 Å². The number of aromatic nitrogens is 2. The van der Waals surface area contributed by atoms with Crippen molar-refractivity contribution in [2.45, 2.75) is 32.2 Å². The van der Waals surface area contributed by atoms with Crippen LogP contribution in [0.4, 0.5) is 5.69 Å². The molecule has 4 rings (SSSR count). The fourth-order valence-corrected chi connectivity index (χ4v) is 4.05. The SMILES string of the molecule is Cc1nnc(-c2cccc(NC(=O)[C@@H]3CCCCN3C(=O)c3ccco3)c2)s1. The minimum atomic E-state index is -0.515. The second-order valence-corrected chi connectivity index (χ2v) is 7.87. The monoisotopic (exact) mass is 396 g/mol. The molecule has 1 atom stereocenters. The molecule has 28 heavy (non-hydrogen) atoms. The molecular formula is C20H20N4O3S. The maximum Gasteiger partial charge on any atom is 0.290 e. The number of nitrogens with one attached hydrogen (secondary N) is 1. The molecule has 1 aliphatic heterocycles. The second-order valence-electron chi connectivity index (χ2n) is 6.68. The fourth-order valence-electron chi connectivity index (χ4n) is 3.36. The number of likely N-dealkylation sites (tertiary alicyclic amines) is 1. The van der Waals surface area contributed by atoms with Crippen LogP contribution < -0.4 is 5.32 Å². The van der Waals surface area contributed by atoms with Crippen LogP contribution in [0.15, 0.2) is 47.1 Å². The van der Waals surface area contributed by atoms with Gasteiger partial charge < -0.3 is 14.6 Å². The molecule has 2 amide bonds. The van der Waals surface area contributed by atoms with E-state index in [9.17, 15) is 9.59 Å². The maximum atomic E-state index is 12.9. The van der Waals surface area contributed by atoms with Crippen LogP contribution >= 0.6 is 11.3 Å². The van der Waals surface area contributed by atoms with E-state index in [1.165, 1.54) is 17.6 Å². The third-order valence-electron chi connectivity index (χ3n) is 4.70. The van der Waals surface area contributed by atoms with Gasteiger partial charge in [-0.1, -0.05) is 23.5 Å². The normalized spacial score (nSPS) is 16.8. The minimum absolute atomic E-state index is 0.190. The lowest BCUT2D eigenvalue weighted by Crippen LogP contribution is -2.49. The number of rotatable bonds is 4. The summed E-state index contributed by atoms with van der Waals surface area (Å²) in [5, 5.41) is 12.8. The molecular weight excluding hydrogens is 376 g/mol. The van der Waals surface area contributed by atoms with Crippen LogP contribution in [-0.2, 0) is 4.79 Å². The Hall–Kier alpha value is -3.00. The van der Waals surface area contributed by atoms with Crippen molar-refractivity contribution in [2.75, 3.05) is 11.9 Å². The van der Waals surface area contributed by atoms with Crippen molar-refractivity contribution < 1.29 is 14.0 Å². The summed E-state index contributed by atoms with van der Waals surface area (Å²) < 4.78 is 5.23. The third kappa shape index (κ3) is 3.82. The number of carbonyl (C=O) groups is 2. The molecule has 1 aliphatic rings. The van der Waals surface area contributed by atoms with Crippen LogP contribution in [0, 0.1) is 6.92 Å². The number of carbonyl (C=O) groups excluding carboxylic acids is 2. The highest BCUT2D eigenvalue weighted by Crippen LogP contribution is 2.26. The summed E-state index contributed by atoms with van der Waals surface area (Å²) in [4.78, 5) is 27.3. The van der Waals surface area contributed by atoms with Gasteiger partial charge in [0.15, 0.2) is 5.76 Å². The zero-order valence-electron chi connectivity index (χ0n) is 15.4. The lowest BCUT2D eigenvalue weighted by Gasteiger charge is -2.34. The number of furan rings is 1. The maximum absolute atomic E-state index is 12.9. The third-order valence-corrected chi connectivity index (χ3v) is 5.59. The van der Waals surface area contributed by atoms with Gasteiger partial charge in [-0.25, -0.2) is 0 Å². The van der Waals surface area contributed by atoms with Gasteiger partial charge in [0.1, 0.15) is 16.1 Å². The van der Waals surface area contributed by atoms with Gasteiger partial charge in [0, 0.05) is 17.8 Å². The second kappa shape index (κ2) is 7.93. The highest BCUT2D eigenvalue weighted by atomic mass is 32.1. The summed E-state index contributed by atoms with van der Waals surface area (Å²) in [5.41, 5.74) is 1.57. The number of benzene rings is 1. The van der Waals surface area contributed by atoms with E-state index >= 15 is 0 Å². The molecule has 0 spiro atoms. The highest BCUT2D eigenvalue weighted by Gasteiger charge is 2.33. The molecule has 8 heteroatoms. The van der Waals surface area contributed by atoms with Crippen molar-refractivity contribution in [3.8, 4) is 10.6 Å². The summed E-state index contributed by atoms with van der Waals surface area (Å²) in [6.07, 6.45) is 3.88. The molecule has 7 nitrogen and oxygen atoms in total. The van der Waals surface area contributed by atoms with Crippen LogP contribution in [-0.4, -0.2) is 39.5 Å². The standard InChI is InChI=1S/C20H20N4O3S/c1-13-22-23-19(28-13)14-6-4-7-15(12-14)21-18(25)16-8-2-3-10-24(16)20(26)17-9-5-11-27-17/h4-7,9,11-12,16H,2-3,8,10H2,1H3,(H,21,25)/t16-/m0/s1. The van der Waals surface area contributed by atoms with E-state index in [1.54, 1.807) is 17.0 Å². The molecule has 0 unspecified atom stereocenters. The summed E-state index contributed by atoms with van der Waals surface area (Å²) >= 11 is 1.50. The molecule has 0 bridgehead atoms. The van der Waals surface area contributed by atoms with Gasteiger partial charge in [-0.3, -0.25) is 9.59 Å². The number of hydrogen-bond acceptors (Lipinski definition) is 6. The van der Waals surface area contributed by atoms with E-state index in [-0.39, 0.29) is 17.6 Å². The number of piperidine rings is 1. The molecule has 0 aliphatic carbocycles. The molecule has 144 valence electrons. The van der Waals surface area contributed by atoms with Crippen molar-refractivity contribution in [1.82, 2.24) is 15.1 Å². The van der Waals surface area contributed by atoms with Crippen LogP contribution in [0.5, 0.6) is 0 Å². The van der Waals surface area contributed by atoms with Crippen LogP contribution in [0.2, 0.25) is 0 Å². The van der Waals surface area contributed by atoms with Crippen LogP contribution in [0.1, 0.15) is 34.8 Å². The lowest BCUT2D eigenvalue weighted by atomic mass is 10.0. The largest absolute Gasteiger partial charge is 0.459 e. The fraction of sp³-hybridized carbons (Fsp3) is 0.300. The number of amides is 2. The zero-order valence-corrected chi connectivity index (χ0v) is 16.2. The quantitative estimate of drug-likeness (QED) is 0.726. The number of aryl methyl sites for hydroxylation is 1. The Kier molecular flexibility index (Phi) is 5.21. The number of hydrogen-bond donors (Lipinski definition) is 1. The Morgan fingerprint density at radius 3 is 2.86 bits per heavy atom. The summed E-state index contributed by atoms with van der Waals surface area (Å²) in [7, 11) is 0. The Bertz CT molecular complexity index is 983. The van der Waals surface area contributed by atoms with Crippen molar-refractivity contribution >= 4 is 28.8 Å². The summed E-state index contributed by atoms with van der Waals surface area (Å²) in [6, 6.07) is 10.3. The Balaban J connectivity index is 1.51. The molecule has 0 saturated carbocycles. The Morgan fingerprint density at radius 2 is 2.11 bits per heavy atom. The van der Waals surface area contributed by atoms with Crippen molar-refractivity contribution in [3.63, 3.8) is 0 Å².